The number of allylic oxidation sites excluding steroid dienone is 1. The highest BCUT2D eigenvalue weighted by molar-refractivity contribution is 6.32. The number of ketones is 1. The summed E-state index contributed by atoms with van der Waals surface area (Å²) >= 11 is 5.63. The Balaban J connectivity index is 2.27. The van der Waals surface area contributed by atoms with Crippen molar-refractivity contribution in [3.8, 4) is 0 Å². The summed E-state index contributed by atoms with van der Waals surface area (Å²) in [5, 5.41) is 9.30. The van der Waals surface area contributed by atoms with Crippen molar-refractivity contribution in [2.75, 3.05) is 0 Å². The van der Waals surface area contributed by atoms with Gasteiger partial charge in [0.05, 0.1) is 10.6 Å². The fourth-order valence-corrected chi connectivity index (χ4v) is 1.73. The maximum absolute atomic E-state index is 12.4. The van der Waals surface area contributed by atoms with Gasteiger partial charge >= 0.3 is 6.18 Å². The van der Waals surface area contributed by atoms with Gasteiger partial charge in [-0.1, -0.05) is 11.6 Å². The van der Waals surface area contributed by atoms with E-state index >= 15 is 0 Å². The van der Waals surface area contributed by atoms with Crippen LogP contribution in [0.3, 0.4) is 0 Å². The van der Waals surface area contributed by atoms with Gasteiger partial charge in [0, 0.05) is 18.2 Å². The summed E-state index contributed by atoms with van der Waals surface area (Å²) in [5.74, 6) is -0.888. The summed E-state index contributed by atoms with van der Waals surface area (Å²) in [7, 11) is 0. The standard InChI is InChI=1S/C12H9ClF3NO2/c13-8-3-7(12(14,15)16)5-17-11(8)10(19)4-9(18)6-1-2-6/h3-6,19H,1-2H2/b10-4+. The molecule has 1 saturated carbocycles. The summed E-state index contributed by atoms with van der Waals surface area (Å²) in [6, 6.07) is 0.662. The van der Waals surface area contributed by atoms with E-state index in [0.717, 1.165) is 18.9 Å². The highest BCUT2D eigenvalue weighted by atomic mass is 35.5. The lowest BCUT2D eigenvalue weighted by Crippen LogP contribution is -2.07. The van der Waals surface area contributed by atoms with Crippen molar-refractivity contribution >= 4 is 23.1 Å². The minimum atomic E-state index is -4.56. The number of rotatable bonds is 3. The van der Waals surface area contributed by atoms with Gasteiger partial charge in [-0.25, -0.2) is 0 Å². The number of aromatic nitrogens is 1. The van der Waals surface area contributed by atoms with E-state index < -0.39 is 17.5 Å². The smallest absolute Gasteiger partial charge is 0.417 e. The number of pyridine rings is 1. The zero-order valence-corrected chi connectivity index (χ0v) is 10.3. The maximum Gasteiger partial charge on any atom is 0.417 e. The molecule has 19 heavy (non-hydrogen) atoms. The van der Waals surface area contributed by atoms with Crippen molar-refractivity contribution in [2.45, 2.75) is 19.0 Å². The van der Waals surface area contributed by atoms with Crippen LogP contribution in [0.4, 0.5) is 13.2 Å². The quantitative estimate of drug-likeness (QED) is 0.683. The van der Waals surface area contributed by atoms with Gasteiger partial charge in [-0.05, 0) is 18.9 Å². The molecule has 0 atom stereocenters. The van der Waals surface area contributed by atoms with E-state index in [4.69, 9.17) is 11.6 Å². The second-order valence-electron chi connectivity index (χ2n) is 4.26. The van der Waals surface area contributed by atoms with Gasteiger partial charge in [0.2, 0.25) is 0 Å². The molecule has 102 valence electrons. The molecule has 0 spiro atoms. The highest BCUT2D eigenvalue weighted by Crippen LogP contribution is 2.33. The van der Waals surface area contributed by atoms with Crippen molar-refractivity contribution in [2.24, 2.45) is 5.92 Å². The third kappa shape index (κ3) is 3.26. The zero-order chi connectivity index (χ0) is 14.2. The van der Waals surface area contributed by atoms with Crippen molar-refractivity contribution in [1.82, 2.24) is 4.98 Å². The molecular weight excluding hydrogens is 283 g/mol. The van der Waals surface area contributed by atoms with Crippen LogP contribution in [0.2, 0.25) is 5.02 Å². The average Bonchev–Trinajstić information content (AvgIpc) is 3.10. The lowest BCUT2D eigenvalue weighted by molar-refractivity contribution is -0.137. The van der Waals surface area contributed by atoms with Crippen LogP contribution in [0.5, 0.6) is 0 Å². The van der Waals surface area contributed by atoms with Crippen LogP contribution in [0, 0.1) is 5.92 Å². The topological polar surface area (TPSA) is 50.2 Å². The molecule has 1 aromatic heterocycles. The summed E-state index contributed by atoms with van der Waals surface area (Å²) in [6.07, 6.45) is -1.52. The number of aliphatic hydroxyl groups excluding tert-OH is 1. The number of alkyl halides is 3. The number of hydrogen-bond acceptors (Lipinski definition) is 3. The molecule has 0 saturated heterocycles. The van der Waals surface area contributed by atoms with Gasteiger partial charge < -0.3 is 5.11 Å². The first-order valence-electron chi connectivity index (χ1n) is 5.46. The zero-order valence-electron chi connectivity index (χ0n) is 9.54. The Morgan fingerprint density at radius 2 is 2.11 bits per heavy atom. The van der Waals surface area contributed by atoms with Crippen LogP contribution in [0.1, 0.15) is 24.1 Å². The normalized spacial score (nSPS) is 16.5. The largest absolute Gasteiger partial charge is 0.505 e. The van der Waals surface area contributed by atoms with E-state index in [9.17, 15) is 23.1 Å². The predicted octanol–water partition coefficient (Wildman–Crippen LogP) is 3.63. The molecule has 1 heterocycles. The van der Waals surface area contributed by atoms with Crippen LogP contribution in [0.15, 0.2) is 18.3 Å². The molecular formula is C12H9ClF3NO2. The van der Waals surface area contributed by atoms with Gasteiger partial charge in [0.25, 0.3) is 0 Å². The first-order chi connectivity index (χ1) is 8.79. The molecule has 0 radical (unpaired) electrons. The van der Waals surface area contributed by atoms with Gasteiger partial charge in [-0.2, -0.15) is 13.2 Å². The molecule has 1 aliphatic carbocycles. The second-order valence-corrected chi connectivity index (χ2v) is 4.67. The second kappa shape index (κ2) is 4.85. The number of nitrogens with zero attached hydrogens (tertiary/aromatic N) is 1. The lowest BCUT2D eigenvalue weighted by atomic mass is 10.2. The van der Waals surface area contributed by atoms with Crippen LogP contribution < -0.4 is 0 Å². The third-order valence-electron chi connectivity index (χ3n) is 2.67. The molecule has 1 N–H and O–H groups in total. The SMILES string of the molecule is O=C(/C=C(/O)c1ncc(C(F)(F)F)cc1Cl)C1CC1. The van der Waals surface area contributed by atoms with E-state index in [1.54, 1.807) is 0 Å². The van der Waals surface area contributed by atoms with Gasteiger partial charge in [-0.3, -0.25) is 9.78 Å². The van der Waals surface area contributed by atoms with Crippen molar-refractivity contribution in [1.29, 1.82) is 0 Å². The number of hydrogen-bond donors (Lipinski definition) is 1. The van der Waals surface area contributed by atoms with E-state index in [1.165, 1.54) is 0 Å². The maximum atomic E-state index is 12.4. The van der Waals surface area contributed by atoms with Gasteiger partial charge in [-0.15, -0.1) is 0 Å². The molecule has 3 nitrogen and oxygen atoms in total. The first kappa shape index (κ1) is 13.9. The Hall–Kier alpha value is -1.56. The summed E-state index contributed by atoms with van der Waals surface area (Å²) in [5.41, 5.74) is -1.24. The van der Waals surface area contributed by atoms with Crippen LogP contribution in [-0.2, 0) is 11.0 Å². The van der Waals surface area contributed by atoms with Crippen molar-refractivity contribution in [3.05, 3.63) is 34.6 Å². The fraction of sp³-hybridized carbons (Fsp3) is 0.333. The molecule has 0 bridgehead atoms. The molecule has 0 aliphatic heterocycles. The minimum Gasteiger partial charge on any atom is -0.505 e. The van der Waals surface area contributed by atoms with Gasteiger partial charge in [0.15, 0.2) is 5.78 Å². The Bertz CT molecular complexity index is 550. The van der Waals surface area contributed by atoms with E-state index in [2.05, 4.69) is 4.98 Å². The lowest BCUT2D eigenvalue weighted by Gasteiger charge is -2.08. The monoisotopic (exact) mass is 291 g/mol. The Labute approximate surface area is 111 Å². The van der Waals surface area contributed by atoms with E-state index in [0.29, 0.717) is 12.3 Å². The predicted molar refractivity (Wildman–Crippen MR) is 62.6 cm³/mol. The van der Waals surface area contributed by atoms with Crippen molar-refractivity contribution in [3.63, 3.8) is 0 Å². The number of carbonyl (C=O) groups is 1. The Morgan fingerprint density at radius 3 is 2.58 bits per heavy atom. The fourth-order valence-electron chi connectivity index (χ4n) is 1.47. The summed E-state index contributed by atoms with van der Waals surface area (Å²) in [6.45, 7) is 0. The molecule has 0 amide bonds. The first-order valence-corrected chi connectivity index (χ1v) is 5.84. The molecule has 0 aromatic carbocycles. The van der Waals surface area contributed by atoms with Crippen LogP contribution in [-0.4, -0.2) is 15.9 Å². The molecule has 1 fully saturated rings. The highest BCUT2D eigenvalue weighted by Gasteiger charge is 2.32. The van der Waals surface area contributed by atoms with E-state index in [-0.39, 0.29) is 22.4 Å². The minimum absolute atomic E-state index is 0.102. The van der Waals surface area contributed by atoms with Crippen molar-refractivity contribution < 1.29 is 23.1 Å². The Morgan fingerprint density at radius 1 is 1.47 bits per heavy atom. The third-order valence-corrected chi connectivity index (χ3v) is 2.96. The average molecular weight is 292 g/mol. The molecule has 2 rings (SSSR count). The van der Waals surface area contributed by atoms with Gasteiger partial charge in [0.1, 0.15) is 11.5 Å². The number of aliphatic hydroxyl groups is 1. The van der Waals surface area contributed by atoms with E-state index in [1.807, 2.05) is 0 Å². The Kier molecular flexibility index (Phi) is 3.54. The van der Waals surface area contributed by atoms with Crippen LogP contribution in [0.25, 0.3) is 5.76 Å². The number of carbonyl (C=O) groups excluding carboxylic acids is 1. The molecule has 7 heteroatoms. The number of halogens is 4. The summed E-state index contributed by atoms with van der Waals surface area (Å²) in [4.78, 5) is 14.9. The van der Waals surface area contributed by atoms with Crippen LogP contribution >= 0.6 is 11.6 Å². The molecule has 1 aliphatic rings. The molecule has 0 unspecified atom stereocenters. The molecule has 1 aromatic rings. The summed E-state index contributed by atoms with van der Waals surface area (Å²) < 4.78 is 37.2.